The van der Waals surface area contributed by atoms with Crippen LogP contribution in [0.5, 0.6) is 11.5 Å². The lowest BCUT2D eigenvalue weighted by molar-refractivity contribution is -0.141. The minimum Gasteiger partial charge on any atom is -0.504 e. The molecule has 0 bridgehead atoms. The molecule has 0 radical (unpaired) electrons. The molecule has 0 unspecified atom stereocenters. The van der Waals surface area contributed by atoms with Crippen molar-refractivity contribution in [1.29, 1.82) is 0 Å². The minimum absolute atomic E-state index is 0.130. The van der Waals surface area contributed by atoms with Gasteiger partial charge in [-0.1, -0.05) is 6.92 Å². The van der Waals surface area contributed by atoms with Gasteiger partial charge >= 0.3 is 5.97 Å². The van der Waals surface area contributed by atoms with Crippen LogP contribution in [0.3, 0.4) is 0 Å². The maximum atomic E-state index is 14.4. The average Bonchev–Trinajstić information content (AvgIpc) is 2.91. The number of carboxylic acids is 1. The molecule has 0 aliphatic carbocycles. The number of ether oxygens (including phenoxy) is 2. The summed E-state index contributed by atoms with van der Waals surface area (Å²) < 4.78 is 24.4. The van der Waals surface area contributed by atoms with E-state index in [-0.39, 0.29) is 35.0 Å². The molecular formula is C15H15FO6S. The maximum Gasteiger partial charge on any atom is 0.306 e. The first-order valence-corrected chi connectivity index (χ1v) is 7.49. The van der Waals surface area contributed by atoms with Crippen molar-refractivity contribution in [3.05, 3.63) is 22.8 Å². The highest BCUT2D eigenvalue weighted by Gasteiger charge is 2.22. The van der Waals surface area contributed by atoms with Crippen LogP contribution in [0.2, 0.25) is 0 Å². The minimum atomic E-state index is -1.07. The number of ketones is 1. The quantitative estimate of drug-likeness (QED) is 0.593. The summed E-state index contributed by atoms with van der Waals surface area (Å²) in [5.41, 5.74) is 0. The molecule has 23 heavy (non-hydrogen) atoms. The molecule has 1 heterocycles. The standard InChI is InChI=1S/C15H15FO6S/c1-7(15(19)20)3-9(17)12-4-8-11(23-12)5-10(18)14(13(8)16)22-6-21-2/h4-5,7,18H,3,6H2,1-2H3,(H,19,20)/t7-/m0/s1. The highest BCUT2D eigenvalue weighted by Crippen LogP contribution is 2.39. The normalized spacial score (nSPS) is 12.3. The van der Waals surface area contributed by atoms with E-state index in [0.717, 1.165) is 11.3 Å². The molecule has 0 fully saturated rings. The van der Waals surface area contributed by atoms with Gasteiger partial charge in [0.2, 0.25) is 0 Å². The molecule has 124 valence electrons. The second kappa shape index (κ2) is 6.93. The third-order valence-corrected chi connectivity index (χ3v) is 4.33. The lowest BCUT2D eigenvalue weighted by Crippen LogP contribution is -2.13. The number of halogens is 1. The van der Waals surface area contributed by atoms with Crippen LogP contribution in [0.25, 0.3) is 10.1 Å². The van der Waals surface area contributed by atoms with Crippen LogP contribution in [0.15, 0.2) is 12.1 Å². The van der Waals surface area contributed by atoms with Gasteiger partial charge in [0.05, 0.1) is 10.8 Å². The van der Waals surface area contributed by atoms with Gasteiger partial charge in [-0.05, 0) is 6.07 Å². The summed E-state index contributed by atoms with van der Waals surface area (Å²) in [7, 11) is 1.36. The molecule has 0 saturated carbocycles. The van der Waals surface area contributed by atoms with E-state index in [9.17, 15) is 19.1 Å². The zero-order chi connectivity index (χ0) is 17.1. The molecule has 6 nitrogen and oxygen atoms in total. The highest BCUT2D eigenvalue weighted by molar-refractivity contribution is 7.20. The van der Waals surface area contributed by atoms with Crippen LogP contribution in [0.1, 0.15) is 23.0 Å². The Labute approximate surface area is 135 Å². The number of methoxy groups -OCH3 is 1. The van der Waals surface area contributed by atoms with Gasteiger partial charge in [0.25, 0.3) is 0 Å². The molecule has 2 rings (SSSR count). The predicted molar refractivity (Wildman–Crippen MR) is 81.7 cm³/mol. The van der Waals surface area contributed by atoms with E-state index >= 15 is 0 Å². The first kappa shape index (κ1) is 17.2. The maximum absolute atomic E-state index is 14.4. The number of carbonyl (C=O) groups excluding carboxylic acids is 1. The molecule has 0 saturated heterocycles. The summed E-state index contributed by atoms with van der Waals surface area (Å²) in [4.78, 5) is 23.1. The first-order valence-electron chi connectivity index (χ1n) is 6.67. The van der Waals surface area contributed by atoms with Gasteiger partial charge in [-0.2, -0.15) is 0 Å². The van der Waals surface area contributed by atoms with Crippen LogP contribution >= 0.6 is 11.3 Å². The van der Waals surface area contributed by atoms with Crippen molar-refractivity contribution in [2.45, 2.75) is 13.3 Å². The molecule has 0 amide bonds. The molecule has 2 N–H and O–H groups in total. The van der Waals surface area contributed by atoms with E-state index in [4.69, 9.17) is 9.84 Å². The summed E-state index contributed by atoms with van der Waals surface area (Å²) >= 11 is 0.991. The highest BCUT2D eigenvalue weighted by atomic mass is 32.1. The van der Waals surface area contributed by atoms with Crippen LogP contribution in [-0.4, -0.2) is 35.9 Å². The third kappa shape index (κ3) is 3.59. The molecule has 8 heteroatoms. The smallest absolute Gasteiger partial charge is 0.306 e. The Morgan fingerprint density at radius 3 is 2.70 bits per heavy atom. The van der Waals surface area contributed by atoms with Crippen molar-refractivity contribution in [2.75, 3.05) is 13.9 Å². The zero-order valence-corrected chi connectivity index (χ0v) is 13.3. The van der Waals surface area contributed by atoms with Crippen molar-refractivity contribution in [3.8, 4) is 11.5 Å². The van der Waals surface area contributed by atoms with Crippen molar-refractivity contribution in [2.24, 2.45) is 5.92 Å². The number of carboxylic acid groups (broad SMARTS) is 1. The Balaban J connectivity index is 2.37. The van der Waals surface area contributed by atoms with E-state index in [0.29, 0.717) is 4.70 Å². The lowest BCUT2D eigenvalue weighted by atomic mass is 10.0. The first-order chi connectivity index (χ1) is 10.8. The molecule has 1 aromatic heterocycles. The van der Waals surface area contributed by atoms with Gasteiger partial charge in [-0.3, -0.25) is 9.59 Å². The second-order valence-electron chi connectivity index (χ2n) is 4.98. The summed E-state index contributed by atoms with van der Waals surface area (Å²) in [6.45, 7) is 1.19. The van der Waals surface area contributed by atoms with Crippen molar-refractivity contribution >= 4 is 33.2 Å². The molecule has 1 aromatic carbocycles. The van der Waals surface area contributed by atoms with Crippen molar-refractivity contribution in [1.82, 2.24) is 0 Å². The molecule has 2 aromatic rings. The van der Waals surface area contributed by atoms with Crippen LogP contribution in [0.4, 0.5) is 4.39 Å². The number of phenolic OH excluding ortho intramolecular Hbond substituents is 1. The fraction of sp³-hybridized carbons (Fsp3) is 0.333. The van der Waals surface area contributed by atoms with E-state index in [2.05, 4.69) is 4.74 Å². The largest absolute Gasteiger partial charge is 0.504 e. The van der Waals surface area contributed by atoms with E-state index < -0.39 is 23.5 Å². The SMILES string of the molecule is COCOc1c(O)cc2sc(C(=O)C[C@H](C)C(=O)O)cc2c1F. The Morgan fingerprint density at radius 2 is 2.09 bits per heavy atom. The Hall–Kier alpha value is -2.19. The Bertz CT molecular complexity index is 754. The second-order valence-corrected chi connectivity index (χ2v) is 6.06. The van der Waals surface area contributed by atoms with Gasteiger partial charge in [-0.15, -0.1) is 11.3 Å². The lowest BCUT2D eigenvalue weighted by Gasteiger charge is -2.08. The number of thiophene rings is 1. The van der Waals surface area contributed by atoms with Crippen molar-refractivity contribution < 1.29 is 33.7 Å². The van der Waals surface area contributed by atoms with Gasteiger partial charge in [0, 0.05) is 29.7 Å². The van der Waals surface area contributed by atoms with Gasteiger partial charge in [-0.25, -0.2) is 4.39 Å². The van der Waals surface area contributed by atoms with E-state index in [1.807, 2.05) is 0 Å². The number of carbonyl (C=O) groups is 2. The number of rotatable bonds is 7. The number of Topliss-reactive ketones (excluding diaryl/α,β-unsaturated/α-hetero) is 1. The molecule has 0 spiro atoms. The Kier molecular flexibility index (Phi) is 5.17. The number of hydrogen-bond acceptors (Lipinski definition) is 6. The topological polar surface area (TPSA) is 93.1 Å². The number of aromatic hydroxyl groups is 1. The van der Waals surface area contributed by atoms with Gasteiger partial charge in [0.1, 0.15) is 0 Å². The van der Waals surface area contributed by atoms with Crippen molar-refractivity contribution in [3.63, 3.8) is 0 Å². The van der Waals surface area contributed by atoms with Gasteiger partial charge in [0.15, 0.2) is 29.9 Å². The number of fused-ring (bicyclic) bond motifs is 1. The van der Waals surface area contributed by atoms with E-state index in [1.54, 1.807) is 0 Å². The number of hydrogen-bond donors (Lipinski definition) is 2. The molecule has 0 aliphatic heterocycles. The molecule has 1 atom stereocenters. The zero-order valence-electron chi connectivity index (χ0n) is 12.5. The fourth-order valence-electron chi connectivity index (χ4n) is 1.97. The van der Waals surface area contributed by atoms with Gasteiger partial charge < -0.3 is 19.7 Å². The van der Waals surface area contributed by atoms with E-state index in [1.165, 1.54) is 26.2 Å². The van der Waals surface area contributed by atoms with Crippen LogP contribution < -0.4 is 4.74 Å². The predicted octanol–water partition coefficient (Wildman–Crippen LogP) is 3.02. The number of benzene rings is 1. The van der Waals surface area contributed by atoms with Crippen LogP contribution in [0, 0.1) is 11.7 Å². The van der Waals surface area contributed by atoms with Crippen LogP contribution in [-0.2, 0) is 9.53 Å². The Morgan fingerprint density at radius 1 is 1.39 bits per heavy atom. The summed E-state index contributed by atoms with van der Waals surface area (Å²) in [5.74, 6) is -3.83. The monoisotopic (exact) mass is 342 g/mol. The summed E-state index contributed by atoms with van der Waals surface area (Å²) in [5, 5.41) is 18.8. The summed E-state index contributed by atoms with van der Waals surface area (Å²) in [6.07, 6.45) is -0.178. The molecular weight excluding hydrogens is 327 g/mol. The number of phenols is 1. The third-order valence-electron chi connectivity index (χ3n) is 3.21. The average molecular weight is 342 g/mol. The fourth-order valence-corrected chi connectivity index (χ4v) is 3.01. The number of aliphatic carboxylic acids is 1. The molecule has 0 aliphatic rings. The summed E-state index contributed by atoms with van der Waals surface area (Å²) in [6, 6.07) is 2.64.